The molecule has 2 unspecified atom stereocenters. The highest BCUT2D eigenvalue weighted by atomic mass is 16.6. The molecular weight excluding hydrogens is 138 g/mol. The number of carbonyl (C=O) groups is 1. The first kappa shape index (κ1) is 6.98. The molecule has 1 aliphatic heterocycles. The van der Waals surface area contributed by atoms with Crippen LogP contribution in [-0.4, -0.2) is 23.0 Å². The molecule has 0 amide bonds. The zero-order valence-corrected chi connectivity index (χ0v) is 5.44. The minimum absolute atomic E-state index is 0.0891. The van der Waals surface area contributed by atoms with Crippen molar-refractivity contribution < 1.29 is 14.5 Å². The van der Waals surface area contributed by atoms with Crippen LogP contribution in [0.1, 0.15) is 13.3 Å². The van der Waals surface area contributed by atoms with Gasteiger partial charge in [-0.2, -0.15) is 0 Å². The van der Waals surface area contributed by atoms with Gasteiger partial charge >= 0.3 is 5.97 Å². The summed E-state index contributed by atoms with van der Waals surface area (Å²) in [4.78, 5) is 20.1. The van der Waals surface area contributed by atoms with E-state index in [0.29, 0.717) is 0 Å². The molecule has 0 radical (unpaired) electrons. The lowest BCUT2D eigenvalue weighted by Gasteiger charge is -2.02. The first-order valence-corrected chi connectivity index (χ1v) is 2.94. The number of cyclic esters (lactones) is 1. The van der Waals surface area contributed by atoms with Crippen molar-refractivity contribution in [2.45, 2.75) is 25.5 Å². The summed E-state index contributed by atoms with van der Waals surface area (Å²) in [6, 6.07) is -0.840. The highest BCUT2D eigenvalue weighted by Gasteiger charge is 2.40. The zero-order valence-electron chi connectivity index (χ0n) is 5.44. The van der Waals surface area contributed by atoms with Crippen molar-refractivity contribution in [2.24, 2.45) is 0 Å². The summed E-state index contributed by atoms with van der Waals surface area (Å²) < 4.78 is 4.55. The maximum Gasteiger partial charge on any atom is 0.313 e. The average Bonchev–Trinajstić information content (AvgIpc) is 2.10. The molecule has 1 rings (SSSR count). The molecule has 0 aromatic carbocycles. The first-order valence-electron chi connectivity index (χ1n) is 2.94. The van der Waals surface area contributed by atoms with Gasteiger partial charge in [0.25, 0.3) is 6.04 Å². The third-order valence-electron chi connectivity index (χ3n) is 1.51. The molecule has 0 saturated carbocycles. The summed E-state index contributed by atoms with van der Waals surface area (Å²) in [5.74, 6) is -0.478. The smallest absolute Gasteiger partial charge is 0.313 e. The highest BCUT2D eigenvalue weighted by molar-refractivity contribution is 5.72. The summed E-state index contributed by atoms with van der Waals surface area (Å²) in [7, 11) is 0. The Balaban J connectivity index is 2.63. The van der Waals surface area contributed by atoms with Crippen LogP contribution in [0, 0.1) is 10.1 Å². The second kappa shape index (κ2) is 2.24. The molecular formula is C5H7NO4. The zero-order chi connectivity index (χ0) is 7.72. The van der Waals surface area contributed by atoms with E-state index in [-0.39, 0.29) is 6.42 Å². The van der Waals surface area contributed by atoms with Gasteiger partial charge in [-0.15, -0.1) is 0 Å². The molecule has 0 spiro atoms. The molecule has 56 valence electrons. The molecule has 5 heteroatoms. The molecule has 2 atom stereocenters. The number of hydrogen-bond acceptors (Lipinski definition) is 4. The molecule has 5 nitrogen and oxygen atoms in total. The molecule has 0 aliphatic carbocycles. The van der Waals surface area contributed by atoms with Gasteiger partial charge in [-0.3, -0.25) is 14.9 Å². The van der Waals surface area contributed by atoms with Crippen molar-refractivity contribution in [1.82, 2.24) is 0 Å². The Hall–Kier alpha value is -1.13. The third kappa shape index (κ3) is 1.07. The van der Waals surface area contributed by atoms with Gasteiger partial charge in [0.2, 0.25) is 0 Å². The van der Waals surface area contributed by atoms with Gasteiger partial charge in [0, 0.05) is 4.92 Å². The quantitative estimate of drug-likeness (QED) is 0.295. The molecule has 0 N–H and O–H groups in total. The molecule has 1 heterocycles. The van der Waals surface area contributed by atoms with Gasteiger partial charge < -0.3 is 4.74 Å². The van der Waals surface area contributed by atoms with Crippen LogP contribution in [0.3, 0.4) is 0 Å². The van der Waals surface area contributed by atoms with Crippen LogP contribution in [0.5, 0.6) is 0 Å². The first-order chi connectivity index (χ1) is 4.61. The van der Waals surface area contributed by atoms with E-state index < -0.39 is 23.0 Å². The van der Waals surface area contributed by atoms with E-state index in [1.807, 2.05) is 0 Å². The molecule has 1 fully saturated rings. The second-order valence-corrected chi connectivity index (χ2v) is 2.25. The van der Waals surface area contributed by atoms with Crippen LogP contribution < -0.4 is 0 Å². The lowest BCUT2D eigenvalue weighted by Crippen LogP contribution is -2.26. The normalized spacial score (nSPS) is 31.9. The number of carbonyl (C=O) groups excluding carboxylic acids is 1. The largest absolute Gasteiger partial charge is 0.455 e. The fourth-order valence-corrected chi connectivity index (χ4v) is 0.917. The lowest BCUT2D eigenvalue weighted by atomic mass is 10.2. The Morgan fingerprint density at radius 2 is 2.40 bits per heavy atom. The van der Waals surface area contributed by atoms with Crippen molar-refractivity contribution in [3.63, 3.8) is 0 Å². The highest BCUT2D eigenvalue weighted by Crippen LogP contribution is 2.16. The van der Waals surface area contributed by atoms with Gasteiger partial charge in [0.1, 0.15) is 6.42 Å². The average molecular weight is 145 g/mol. The van der Waals surface area contributed by atoms with E-state index in [2.05, 4.69) is 4.74 Å². The van der Waals surface area contributed by atoms with Crippen molar-refractivity contribution >= 4 is 5.97 Å². The molecule has 0 bridgehead atoms. The van der Waals surface area contributed by atoms with E-state index in [1.54, 1.807) is 0 Å². The Labute approximate surface area is 57.1 Å². The summed E-state index contributed by atoms with van der Waals surface area (Å²) in [5.41, 5.74) is 0. The summed E-state index contributed by atoms with van der Waals surface area (Å²) in [6.07, 6.45) is -0.656. The van der Waals surface area contributed by atoms with Crippen LogP contribution in [0.4, 0.5) is 0 Å². The van der Waals surface area contributed by atoms with E-state index in [0.717, 1.165) is 0 Å². The van der Waals surface area contributed by atoms with Crippen LogP contribution in [0.25, 0.3) is 0 Å². The number of esters is 1. The number of nitro groups is 1. The van der Waals surface area contributed by atoms with E-state index in [4.69, 9.17) is 0 Å². The Morgan fingerprint density at radius 1 is 1.80 bits per heavy atom. The number of hydrogen-bond donors (Lipinski definition) is 0. The van der Waals surface area contributed by atoms with Gasteiger partial charge in [0.05, 0.1) is 0 Å². The Kier molecular flexibility index (Phi) is 1.57. The fourth-order valence-electron chi connectivity index (χ4n) is 0.917. The molecule has 1 aliphatic rings. The summed E-state index contributed by atoms with van der Waals surface area (Å²) in [5, 5.41) is 10.1. The van der Waals surface area contributed by atoms with Gasteiger partial charge in [-0.25, -0.2) is 0 Å². The topological polar surface area (TPSA) is 69.4 Å². The summed E-state index contributed by atoms with van der Waals surface area (Å²) in [6.45, 7) is 1.53. The van der Waals surface area contributed by atoms with Crippen LogP contribution in [-0.2, 0) is 9.53 Å². The van der Waals surface area contributed by atoms with Crippen LogP contribution in [0.15, 0.2) is 0 Å². The Bertz CT molecular complexity index is 178. The number of ether oxygens (including phenoxy) is 1. The van der Waals surface area contributed by atoms with Gasteiger partial charge in [-0.1, -0.05) is 0 Å². The predicted molar refractivity (Wildman–Crippen MR) is 31.0 cm³/mol. The van der Waals surface area contributed by atoms with Crippen LogP contribution >= 0.6 is 0 Å². The molecule has 0 aromatic rings. The molecule has 1 saturated heterocycles. The van der Waals surface area contributed by atoms with E-state index in [1.165, 1.54) is 6.92 Å². The van der Waals surface area contributed by atoms with Crippen LogP contribution in [0.2, 0.25) is 0 Å². The van der Waals surface area contributed by atoms with Gasteiger partial charge in [-0.05, 0) is 6.92 Å². The van der Waals surface area contributed by atoms with Gasteiger partial charge in [0.15, 0.2) is 6.10 Å². The minimum atomic E-state index is -0.840. The van der Waals surface area contributed by atoms with Crippen molar-refractivity contribution in [1.29, 1.82) is 0 Å². The summed E-state index contributed by atoms with van der Waals surface area (Å²) >= 11 is 0. The number of nitrogens with zero attached hydrogens (tertiary/aromatic N) is 1. The minimum Gasteiger partial charge on any atom is -0.455 e. The predicted octanol–water partition coefficient (Wildman–Crippen LogP) is -0.0329. The Morgan fingerprint density at radius 3 is 2.60 bits per heavy atom. The van der Waals surface area contributed by atoms with Crippen molar-refractivity contribution in [2.75, 3.05) is 0 Å². The lowest BCUT2D eigenvalue weighted by molar-refractivity contribution is -0.526. The SMILES string of the molecule is CC1OC(=O)CC1[N+](=O)[O-]. The van der Waals surface area contributed by atoms with Crippen molar-refractivity contribution in [3.05, 3.63) is 10.1 Å². The molecule has 0 aromatic heterocycles. The van der Waals surface area contributed by atoms with Crippen molar-refractivity contribution in [3.8, 4) is 0 Å². The third-order valence-corrected chi connectivity index (χ3v) is 1.51. The maximum atomic E-state index is 10.4. The fraction of sp³-hybridized carbons (Fsp3) is 0.800. The monoisotopic (exact) mass is 145 g/mol. The molecule has 10 heavy (non-hydrogen) atoms. The van der Waals surface area contributed by atoms with E-state index in [9.17, 15) is 14.9 Å². The standard InChI is InChI=1S/C5H7NO4/c1-3-4(6(8)9)2-5(7)10-3/h3-4H,2H2,1H3. The second-order valence-electron chi connectivity index (χ2n) is 2.25. The maximum absolute atomic E-state index is 10.4. The van der Waals surface area contributed by atoms with E-state index >= 15 is 0 Å². The number of rotatable bonds is 1.